The topological polar surface area (TPSA) is 21.3 Å². The van der Waals surface area contributed by atoms with Gasteiger partial charge in [0, 0.05) is 0 Å². The van der Waals surface area contributed by atoms with E-state index >= 15 is 0 Å². The number of nitrogens with one attached hydrogen (secondary N) is 1. The van der Waals surface area contributed by atoms with E-state index in [-0.39, 0.29) is 11.9 Å². The predicted molar refractivity (Wildman–Crippen MR) is 83.0 cm³/mol. The third-order valence-electron chi connectivity index (χ3n) is 3.09. The minimum Gasteiger partial charge on any atom is -0.495 e. The molecule has 5 heteroatoms. The molecule has 1 N–H and O–H groups in total. The van der Waals surface area contributed by atoms with E-state index in [4.69, 9.17) is 16.3 Å². The van der Waals surface area contributed by atoms with Crippen molar-refractivity contribution in [3.05, 3.63) is 62.8 Å². The molecule has 0 saturated carbocycles. The molecule has 0 aliphatic rings. The molecule has 0 radical (unpaired) electrons. The first-order valence-electron chi connectivity index (χ1n) is 6.03. The lowest BCUT2D eigenvalue weighted by molar-refractivity contribution is 0.414. The van der Waals surface area contributed by atoms with E-state index in [9.17, 15) is 4.39 Å². The second kappa shape index (κ2) is 6.57. The Hall–Kier alpha value is -1.10. The van der Waals surface area contributed by atoms with E-state index < -0.39 is 0 Å². The summed E-state index contributed by atoms with van der Waals surface area (Å²) in [5.74, 6) is 0.325. The van der Waals surface area contributed by atoms with Gasteiger partial charge in [-0.25, -0.2) is 4.39 Å². The van der Waals surface area contributed by atoms with E-state index in [0.29, 0.717) is 15.2 Å². The zero-order chi connectivity index (χ0) is 14.7. The van der Waals surface area contributed by atoms with Crippen molar-refractivity contribution in [3.8, 4) is 5.75 Å². The van der Waals surface area contributed by atoms with Gasteiger partial charge >= 0.3 is 0 Å². The van der Waals surface area contributed by atoms with Gasteiger partial charge in [-0.1, -0.05) is 29.8 Å². The molecular formula is C15H14BrClFNO. The summed E-state index contributed by atoms with van der Waals surface area (Å²) in [4.78, 5) is 0. The molecule has 2 aromatic rings. The summed E-state index contributed by atoms with van der Waals surface area (Å²) in [5, 5.41) is 3.70. The number of rotatable bonds is 4. The maximum absolute atomic E-state index is 13.7. The summed E-state index contributed by atoms with van der Waals surface area (Å²) in [6.07, 6.45) is 0. The van der Waals surface area contributed by atoms with E-state index in [1.165, 1.54) is 6.07 Å². The summed E-state index contributed by atoms with van der Waals surface area (Å²) in [6, 6.07) is 10.3. The minimum atomic E-state index is -0.289. The summed E-state index contributed by atoms with van der Waals surface area (Å²) in [5.41, 5.74) is 1.75. The maximum atomic E-state index is 13.7. The van der Waals surface area contributed by atoms with Gasteiger partial charge in [0.1, 0.15) is 11.6 Å². The van der Waals surface area contributed by atoms with Crippen LogP contribution in [-0.2, 0) is 0 Å². The molecule has 2 aromatic carbocycles. The second-order valence-electron chi connectivity index (χ2n) is 4.26. The van der Waals surface area contributed by atoms with Crippen LogP contribution in [0.1, 0.15) is 17.2 Å². The van der Waals surface area contributed by atoms with Crippen LogP contribution in [0, 0.1) is 5.82 Å². The fourth-order valence-electron chi connectivity index (χ4n) is 2.11. The highest BCUT2D eigenvalue weighted by Crippen LogP contribution is 2.33. The second-order valence-corrected chi connectivity index (χ2v) is 5.46. The van der Waals surface area contributed by atoms with Crippen molar-refractivity contribution < 1.29 is 9.13 Å². The quantitative estimate of drug-likeness (QED) is 0.865. The van der Waals surface area contributed by atoms with Crippen molar-refractivity contribution in [3.63, 3.8) is 0 Å². The first kappa shape index (κ1) is 15.3. The van der Waals surface area contributed by atoms with Crippen molar-refractivity contribution in [2.24, 2.45) is 0 Å². The van der Waals surface area contributed by atoms with E-state index in [1.807, 2.05) is 25.2 Å². The van der Waals surface area contributed by atoms with E-state index in [0.717, 1.165) is 11.1 Å². The summed E-state index contributed by atoms with van der Waals surface area (Å²) in [6.45, 7) is 0. The van der Waals surface area contributed by atoms with Crippen molar-refractivity contribution in [1.82, 2.24) is 5.32 Å². The maximum Gasteiger partial charge on any atom is 0.137 e. The Bertz CT molecular complexity index is 621. The molecule has 0 saturated heterocycles. The van der Waals surface area contributed by atoms with Crippen molar-refractivity contribution in [2.45, 2.75) is 6.04 Å². The van der Waals surface area contributed by atoms with Gasteiger partial charge in [-0.15, -0.1) is 0 Å². The minimum absolute atomic E-state index is 0.163. The first-order valence-corrected chi connectivity index (χ1v) is 7.20. The number of ether oxygens (including phenoxy) is 1. The van der Waals surface area contributed by atoms with Gasteiger partial charge in [-0.05, 0) is 52.3 Å². The smallest absolute Gasteiger partial charge is 0.137 e. The average Bonchev–Trinajstić information content (AvgIpc) is 2.44. The molecule has 0 fully saturated rings. The van der Waals surface area contributed by atoms with Gasteiger partial charge in [0.2, 0.25) is 0 Å². The van der Waals surface area contributed by atoms with Crippen LogP contribution >= 0.6 is 27.5 Å². The molecular weight excluding hydrogens is 345 g/mol. The van der Waals surface area contributed by atoms with Crippen LogP contribution in [0.2, 0.25) is 5.02 Å². The Kier molecular flexibility index (Phi) is 5.02. The molecule has 20 heavy (non-hydrogen) atoms. The molecule has 2 rings (SSSR count). The van der Waals surface area contributed by atoms with Gasteiger partial charge in [0.25, 0.3) is 0 Å². The third-order valence-corrected chi connectivity index (χ3v) is 4.22. The Labute approximate surface area is 131 Å². The molecule has 0 amide bonds. The van der Waals surface area contributed by atoms with Crippen LogP contribution < -0.4 is 10.1 Å². The van der Waals surface area contributed by atoms with Gasteiger partial charge in [-0.2, -0.15) is 0 Å². The molecule has 1 atom stereocenters. The van der Waals surface area contributed by atoms with Crippen LogP contribution in [0.5, 0.6) is 5.75 Å². The van der Waals surface area contributed by atoms with Crippen LogP contribution in [0.25, 0.3) is 0 Å². The van der Waals surface area contributed by atoms with Crippen molar-refractivity contribution in [2.75, 3.05) is 14.2 Å². The molecule has 0 bridgehead atoms. The number of methoxy groups -OCH3 is 1. The van der Waals surface area contributed by atoms with Gasteiger partial charge in [0.05, 0.1) is 22.6 Å². The van der Waals surface area contributed by atoms with Crippen molar-refractivity contribution in [1.29, 1.82) is 0 Å². The highest BCUT2D eigenvalue weighted by atomic mass is 79.9. The highest BCUT2D eigenvalue weighted by Gasteiger charge is 2.18. The molecule has 0 aliphatic carbocycles. The van der Waals surface area contributed by atoms with E-state index in [1.54, 1.807) is 19.2 Å². The molecule has 1 unspecified atom stereocenters. The number of benzene rings is 2. The summed E-state index contributed by atoms with van der Waals surface area (Å²) < 4.78 is 19.3. The van der Waals surface area contributed by atoms with Crippen LogP contribution in [0.3, 0.4) is 0 Å². The molecule has 106 valence electrons. The standard InChI is InChI=1S/C15H14BrClFNO/c1-19-15(10-4-3-5-12(18)14(10)16)9-6-7-13(20-2)11(17)8-9/h3-8,15,19H,1-2H3. The summed E-state index contributed by atoms with van der Waals surface area (Å²) >= 11 is 9.44. The molecule has 2 nitrogen and oxygen atoms in total. The van der Waals surface area contributed by atoms with Gasteiger partial charge in [0.15, 0.2) is 0 Å². The molecule has 0 heterocycles. The lowest BCUT2D eigenvalue weighted by Crippen LogP contribution is -2.18. The lowest BCUT2D eigenvalue weighted by atomic mass is 9.98. The zero-order valence-corrected chi connectivity index (χ0v) is 13.4. The third kappa shape index (κ3) is 2.97. The largest absolute Gasteiger partial charge is 0.495 e. The van der Waals surface area contributed by atoms with Gasteiger partial charge < -0.3 is 10.1 Å². The normalized spacial score (nSPS) is 12.2. The Morgan fingerprint density at radius 3 is 2.65 bits per heavy atom. The zero-order valence-electron chi connectivity index (χ0n) is 11.1. The average molecular weight is 359 g/mol. The molecule has 0 aromatic heterocycles. The summed E-state index contributed by atoms with van der Waals surface area (Å²) in [7, 11) is 3.39. The molecule has 0 spiro atoms. The van der Waals surface area contributed by atoms with Crippen molar-refractivity contribution >= 4 is 27.5 Å². The lowest BCUT2D eigenvalue weighted by Gasteiger charge is -2.19. The predicted octanol–water partition coefficient (Wildman–Crippen LogP) is 4.56. The first-order chi connectivity index (χ1) is 9.58. The fourth-order valence-corrected chi connectivity index (χ4v) is 2.87. The Morgan fingerprint density at radius 2 is 2.05 bits per heavy atom. The van der Waals surface area contributed by atoms with Crippen LogP contribution in [-0.4, -0.2) is 14.2 Å². The Morgan fingerprint density at radius 1 is 1.30 bits per heavy atom. The highest BCUT2D eigenvalue weighted by molar-refractivity contribution is 9.10. The number of hydrogen-bond donors (Lipinski definition) is 1. The van der Waals surface area contributed by atoms with Crippen LogP contribution in [0.4, 0.5) is 4.39 Å². The van der Waals surface area contributed by atoms with Crippen LogP contribution in [0.15, 0.2) is 40.9 Å². The molecule has 0 aliphatic heterocycles. The monoisotopic (exact) mass is 357 g/mol. The fraction of sp³-hybridized carbons (Fsp3) is 0.200. The Balaban J connectivity index is 2.47. The SMILES string of the molecule is CNC(c1ccc(OC)c(Cl)c1)c1cccc(F)c1Br. The van der Waals surface area contributed by atoms with E-state index in [2.05, 4.69) is 21.2 Å². The number of hydrogen-bond acceptors (Lipinski definition) is 2. The van der Waals surface area contributed by atoms with Gasteiger partial charge in [-0.3, -0.25) is 0 Å². The number of halogens is 3.